The summed E-state index contributed by atoms with van der Waals surface area (Å²) in [5.41, 5.74) is 0.856. The number of hydrogen-bond acceptors (Lipinski definition) is 5. The Morgan fingerprint density at radius 1 is 1.25 bits per heavy atom. The number of benzene rings is 1. The van der Waals surface area contributed by atoms with E-state index in [9.17, 15) is 14.4 Å². The first kappa shape index (κ1) is 25.5. The summed E-state index contributed by atoms with van der Waals surface area (Å²) in [5.74, 6) is -0.0725. The molecule has 178 valence electrons. The molecule has 0 unspecified atom stereocenters. The Balaban J connectivity index is 2.42. The predicted molar refractivity (Wildman–Crippen MR) is 123 cm³/mol. The lowest BCUT2D eigenvalue weighted by Crippen LogP contribution is -2.51. The van der Waals surface area contributed by atoms with Gasteiger partial charge in [-0.15, -0.1) is 0 Å². The summed E-state index contributed by atoms with van der Waals surface area (Å²) in [6, 6.07) is 4.59. The van der Waals surface area contributed by atoms with Crippen molar-refractivity contribution in [1.82, 2.24) is 15.1 Å². The van der Waals surface area contributed by atoms with E-state index in [0.29, 0.717) is 36.6 Å². The van der Waals surface area contributed by atoms with Gasteiger partial charge in [0, 0.05) is 52.3 Å². The van der Waals surface area contributed by atoms with Crippen molar-refractivity contribution in [2.45, 2.75) is 46.3 Å². The van der Waals surface area contributed by atoms with Crippen molar-refractivity contribution in [3.8, 4) is 5.75 Å². The topological polar surface area (TPSA) is 100 Å². The summed E-state index contributed by atoms with van der Waals surface area (Å²) in [4.78, 5) is 40.9. The van der Waals surface area contributed by atoms with Crippen molar-refractivity contribution in [3.63, 3.8) is 0 Å². The van der Waals surface area contributed by atoms with Gasteiger partial charge in [0.1, 0.15) is 12.4 Å². The fourth-order valence-corrected chi connectivity index (χ4v) is 3.67. The molecule has 32 heavy (non-hydrogen) atoms. The molecule has 0 saturated carbocycles. The number of carbonyl (C=O) groups is 3. The van der Waals surface area contributed by atoms with Gasteiger partial charge in [-0.05, 0) is 31.5 Å². The van der Waals surface area contributed by atoms with Gasteiger partial charge in [-0.25, -0.2) is 4.79 Å². The lowest BCUT2D eigenvalue weighted by Gasteiger charge is -2.36. The molecule has 2 N–H and O–H groups in total. The van der Waals surface area contributed by atoms with Gasteiger partial charge in [0.15, 0.2) is 0 Å². The number of ether oxygens (including phenoxy) is 2. The molecule has 0 radical (unpaired) electrons. The number of likely N-dealkylation sites (N-methyl/N-ethyl adjacent to an activating group) is 1. The van der Waals surface area contributed by atoms with E-state index < -0.39 is 0 Å². The highest BCUT2D eigenvalue weighted by atomic mass is 16.5. The number of nitrogens with zero attached hydrogens (tertiary/aromatic N) is 2. The first-order valence-electron chi connectivity index (χ1n) is 11.0. The Morgan fingerprint density at radius 3 is 2.59 bits per heavy atom. The molecule has 1 aliphatic rings. The number of anilines is 1. The van der Waals surface area contributed by atoms with Crippen LogP contribution in [0.25, 0.3) is 0 Å². The van der Waals surface area contributed by atoms with E-state index in [0.717, 1.165) is 6.42 Å². The normalized spacial score (nSPS) is 22.2. The third kappa shape index (κ3) is 6.59. The highest BCUT2D eigenvalue weighted by Crippen LogP contribution is 2.26. The average Bonchev–Trinajstić information content (AvgIpc) is 2.76. The molecule has 0 fully saturated rings. The highest BCUT2D eigenvalue weighted by Gasteiger charge is 2.30. The predicted octanol–water partition coefficient (Wildman–Crippen LogP) is 2.57. The molecule has 1 aliphatic heterocycles. The Bertz CT molecular complexity index is 816. The lowest BCUT2D eigenvalue weighted by molar-refractivity contribution is -0.114. The second-order valence-corrected chi connectivity index (χ2v) is 8.37. The van der Waals surface area contributed by atoms with Gasteiger partial charge < -0.3 is 29.9 Å². The fraction of sp³-hybridized carbons (Fsp3) is 0.609. The number of carbonyl (C=O) groups excluding carboxylic acids is 3. The summed E-state index contributed by atoms with van der Waals surface area (Å²) in [5, 5.41) is 5.65. The standard InChI is InChI=1S/C23H36N4O5/c1-7-10-24-23(30)27-12-15(2)21(31-6)13-26(5)22(29)19-11-18(25-17(4)28)8-9-20(19)32-14-16(27)3/h8-9,11,15-16,21H,7,10,12-14H2,1-6H3,(H,24,30)(H,25,28)/t15-,16-,21-/m0/s1. The monoisotopic (exact) mass is 448 g/mol. The van der Waals surface area contributed by atoms with Crippen LogP contribution in [-0.4, -0.2) is 80.2 Å². The summed E-state index contributed by atoms with van der Waals surface area (Å²) in [6.45, 7) is 8.97. The van der Waals surface area contributed by atoms with E-state index in [4.69, 9.17) is 9.47 Å². The van der Waals surface area contributed by atoms with E-state index >= 15 is 0 Å². The van der Waals surface area contributed by atoms with E-state index in [-0.39, 0.29) is 42.5 Å². The minimum atomic E-state index is -0.264. The second-order valence-electron chi connectivity index (χ2n) is 8.37. The number of rotatable bonds is 4. The molecule has 1 aromatic carbocycles. The van der Waals surface area contributed by atoms with Crippen LogP contribution in [0.5, 0.6) is 5.75 Å². The van der Waals surface area contributed by atoms with Gasteiger partial charge >= 0.3 is 6.03 Å². The molecule has 0 saturated heterocycles. The zero-order chi connectivity index (χ0) is 23.8. The quantitative estimate of drug-likeness (QED) is 0.737. The molecule has 4 amide bonds. The Labute approximate surface area is 190 Å². The fourth-order valence-electron chi connectivity index (χ4n) is 3.67. The first-order chi connectivity index (χ1) is 15.2. The summed E-state index contributed by atoms with van der Waals surface area (Å²) in [6.07, 6.45) is 0.581. The van der Waals surface area contributed by atoms with Gasteiger partial charge in [-0.3, -0.25) is 9.59 Å². The smallest absolute Gasteiger partial charge is 0.317 e. The maximum absolute atomic E-state index is 13.2. The van der Waals surface area contributed by atoms with E-state index in [1.165, 1.54) is 6.92 Å². The maximum Gasteiger partial charge on any atom is 0.317 e. The molecule has 2 rings (SSSR count). The number of amides is 4. The van der Waals surface area contributed by atoms with Gasteiger partial charge in [0.05, 0.1) is 17.7 Å². The van der Waals surface area contributed by atoms with Crippen molar-refractivity contribution in [2.75, 3.05) is 45.7 Å². The van der Waals surface area contributed by atoms with Crippen molar-refractivity contribution in [3.05, 3.63) is 23.8 Å². The van der Waals surface area contributed by atoms with Crippen LogP contribution >= 0.6 is 0 Å². The molecular formula is C23H36N4O5. The summed E-state index contributed by atoms with van der Waals surface area (Å²) in [7, 11) is 3.32. The van der Waals surface area contributed by atoms with Gasteiger partial charge in [-0.1, -0.05) is 13.8 Å². The van der Waals surface area contributed by atoms with Crippen molar-refractivity contribution in [1.29, 1.82) is 0 Å². The molecule has 0 aliphatic carbocycles. The third-order valence-electron chi connectivity index (χ3n) is 5.55. The molecule has 1 aromatic rings. The van der Waals surface area contributed by atoms with Gasteiger partial charge in [0.25, 0.3) is 5.91 Å². The third-order valence-corrected chi connectivity index (χ3v) is 5.55. The van der Waals surface area contributed by atoms with Crippen molar-refractivity contribution < 1.29 is 23.9 Å². The van der Waals surface area contributed by atoms with Crippen molar-refractivity contribution >= 4 is 23.5 Å². The molecule has 0 aromatic heterocycles. The van der Waals surface area contributed by atoms with E-state index in [1.54, 1.807) is 42.2 Å². The molecule has 0 bridgehead atoms. The van der Waals surface area contributed by atoms with Crippen LogP contribution in [-0.2, 0) is 9.53 Å². The van der Waals surface area contributed by atoms with Crippen LogP contribution in [0, 0.1) is 5.92 Å². The SMILES string of the molecule is CCCNC(=O)N1C[C@H](C)[C@@H](OC)CN(C)C(=O)c2cc(NC(C)=O)ccc2OC[C@@H]1C. The molecule has 9 nitrogen and oxygen atoms in total. The number of nitrogens with one attached hydrogen (secondary N) is 2. The lowest BCUT2D eigenvalue weighted by atomic mass is 10.0. The number of urea groups is 1. The Kier molecular flexibility index (Phi) is 9.31. The largest absolute Gasteiger partial charge is 0.491 e. The molecule has 3 atom stereocenters. The van der Waals surface area contributed by atoms with Crippen LogP contribution in [0.15, 0.2) is 18.2 Å². The second kappa shape index (κ2) is 11.7. The van der Waals surface area contributed by atoms with Gasteiger partial charge in [-0.2, -0.15) is 0 Å². The van der Waals surface area contributed by atoms with Crippen LogP contribution in [0.3, 0.4) is 0 Å². The van der Waals surface area contributed by atoms with Gasteiger partial charge in [0.2, 0.25) is 5.91 Å². The molecule has 0 spiro atoms. The molecule has 9 heteroatoms. The summed E-state index contributed by atoms with van der Waals surface area (Å²) >= 11 is 0. The Morgan fingerprint density at radius 2 is 1.97 bits per heavy atom. The Hall–Kier alpha value is -2.81. The molecular weight excluding hydrogens is 412 g/mol. The average molecular weight is 449 g/mol. The minimum absolute atomic E-state index is 0.0188. The molecule has 1 heterocycles. The number of methoxy groups -OCH3 is 1. The summed E-state index contributed by atoms with van der Waals surface area (Å²) < 4.78 is 11.7. The van der Waals surface area contributed by atoms with Crippen LogP contribution < -0.4 is 15.4 Å². The van der Waals surface area contributed by atoms with Crippen molar-refractivity contribution in [2.24, 2.45) is 5.92 Å². The van der Waals surface area contributed by atoms with Crippen LogP contribution in [0.2, 0.25) is 0 Å². The van der Waals surface area contributed by atoms with Crippen LogP contribution in [0.4, 0.5) is 10.5 Å². The zero-order valence-corrected chi connectivity index (χ0v) is 19.9. The maximum atomic E-state index is 13.2. The van der Waals surface area contributed by atoms with Crippen LogP contribution in [0.1, 0.15) is 44.5 Å². The first-order valence-corrected chi connectivity index (χ1v) is 11.0. The number of hydrogen-bond donors (Lipinski definition) is 2. The van der Waals surface area contributed by atoms with E-state index in [2.05, 4.69) is 10.6 Å². The highest BCUT2D eigenvalue weighted by molar-refractivity contribution is 5.99. The zero-order valence-electron chi connectivity index (χ0n) is 19.9. The van der Waals surface area contributed by atoms with E-state index in [1.807, 2.05) is 20.8 Å². The minimum Gasteiger partial charge on any atom is -0.491 e. The number of fused-ring (bicyclic) bond motifs is 1.